The monoisotopic (exact) mass is 281 g/mol. The third kappa shape index (κ3) is 1.60. The second-order valence-electron chi connectivity index (χ2n) is 5.74. The van der Waals surface area contributed by atoms with Gasteiger partial charge in [0.25, 0.3) is 0 Å². The van der Waals surface area contributed by atoms with Crippen LogP contribution in [0.25, 0.3) is 0 Å². The minimum absolute atomic E-state index is 0.00165. The molecular formula is C14H19NO5. The number of ether oxygens (including phenoxy) is 2. The standard InChI is InChI=1S/C14H19NO5/c1-18-12(16)14(13(17)19-2)7-3-4-9-11-8(14)5-6-10(11)20-15-9/h8,10-11H,3-7H2,1-2H3/t8-,10-,11+/m0/s1. The topological polar surface area (TPSA) is 74.2 Å². The average Bonchev–Trinajstić information content (AvgIpc) is 3.00. The fourth-order valence-electron chi connectivity index (χ4n) is 4.18. The number of esters is 2. The molecule has 0 radical (unpaired) electrons. The Hall–Kier alpha value is -1.59. The molecule has 2 fully saturated rings. The minimum atomic E-state index is -1.20. The Labute approximate surface area is 117 Å². The van der Waals surface area contributed by atoms with Gasteiger partial charge >= 0.3 is 11.9 Å². The van der Waals surface area contributed by atoms with Gasteiger partial charge < -0.3 is 14.3 Å². The van der Waals surface area contributed by atoms with Crippen LogP contribution in [0.5, 0.6) is 0 Å². The maximum atomic E-state index is 12.4. The smallest absolute Gasteiger partial charge is 0.323 e. The van der Waals surface area contributed by atoms with E-state index in [1.54, 1.807) is 0 Å². The first-order chi connectivity index (χ1) is 9.65. The SMILES string of the molecule is COC(=O)C1(C(=O)OC)CCCC2=NO[C@H]3CC[C@H]1[C@H]23. The van der Waals surface area contributed by atoms with Crippen LogP contribution in [-0.2, 0) is 23.9 Å². The average molecular weight is 281 g/mol. The molecule has 2 saturated carbocycles. The fraction of sp³-hybridized carbons (Fsp3) is 0.786. The molecule has 0 amide bonds. The van der Waals surface area contributed by atoms with Gasteiger partial charge in [-0.3, -0.25) is 9.59 Å². The molecule has 0 aromatic heterocycles. The molecule has 2 aliphatic carbocycles. The molecule has 0 unspecified atom stereocenters. The summed E-state index contributed by atoms with van der Waals surface area (Å²) in [5.41, 5.74) is -0.208. The van der Waals surface area contributed by atoms with Crippen LogP contribution in [0, 0.1) is 17.3 Å². The van der Waals surface area contributed by atoms with Crippen molar-refractivity contribution >= 4 is 17.7 Å². The van der Waals surface area contributed by atoms with Crippen molar-refractivity contribution in [1.82, 2.24) is 0 Å². The van der Waals surface area contributed by atoms with Gasteiger partial charge in [-0.25, -0.2) is 0 Å². The Kier molecular flexibility index (Phi) is 3.18. The molecule has 0 saturated heterocycles. The van der Waals surface area contributed by atoms with E-state index in [4.69, 9.17) is 14.3 Å². The number of carbonyl (C=O) groups excluding carboxylic acids is 2. The Bertz CT molecular complexity index is 456. The van der Waals surface area contributed by atoms with Crippen molar-refractivity contribution in [3.63, 3.8) is 0 Å². The van der Waals surface area contributed by atoms with E-state index >= 15 is 0 Å². The summed E-state index contributed by atoms with van der Waals surface area (Å²) in [4.78, 5) is 30.3. The molecule has 20 heavy (non-hydrogen) atoms. The zero-order chi connectivity index (χ0) is 14.3. The van der Waals surface area contributed by atoms with Crippen LogP contribution in [0.1, 0.15) is 32.1 Å². The highest BCUT2D eigenvalue weighted by atomic mass is 16.6. The summed E-state index contributed by atoms with van der Waals surface area (Å²) >= 11 is 0. The molecule has 110 valence electrons. The predicted molar refractivity (Wildman–Crippen MR) is 68.8 cm³/mol. The highest BCUT2D eigenvalue weighted by Crippen LogP contribution is 2.53. The second-order valence-corrected chi connectivity index (χ2v) is 5.74. The van der Waals surface area contributed by atoms with E-state index in [0.29, 0.717) is 12.8 Å². The van der Waals surface area contributed by atoms with Gasteiger partial charge in [0.2, 0.25) is 0 Å². The molecule has 0 N–H and O–H groups in total. The molecule has 0 bridgehead atoms. The summed E-state index contributed by atoms with van der Waals surface area (Å²) in [6.07, 6.45) is 3.52. The first-order valence-electron chi connectivity index (χ1n) is 7.04. The van der Waals surface area contributed by atoms with Gasteiger partial charge in [0.05, 0.1) is 19.9 Å². The third-order valence-electron chi connectivity index (χ3n) is 5.02. The van der Waals surface area contributed by atoms with Crippen molar-refractivity contribution in [1.29, 1.82) is 0 Å². The summed E-state index contributed by atoms with van der Waals surface area (Å²) in [7, 11) is 2.65. The summed E-state index contributed by atoms with van der Waals surface area (Å²) in [5, 5.41) is 4.15. The van der Waals surface area contributed by atoms with E-state index in [1.807, 2.05) is 0 Å². The number of methoxy groups -OCH3 is 2. The minimum Gasteiger partial charge on any atom is -0.468 e. The number of hydrogen-bond donors (Lipinski definition) is 0. The number of nitrogens with zero attached hydrogens (tertiary/aromatic N) is 1. The van der Waals surface area contributed by atoms with Crippen LogP contribution in [0.2, 0.25) is 0 Å². The summed E-state index contributed by atoms with van der Waals surface area (Å²) in [5.74, 6) is -1.04. The first-order valence-corrected chi connectivity index (χ1v) is 7.04. The molecule has 6 heteroatoms. The highest BCUT2D eigenvalue weighted by Gasteiger charge is 2.63. The number of rotatable bonds is 2. The van der Waals surface area contributed by atoms with Gasteiger partial charge in [0.1, 0.15) is 6.10 Å². The Balaban J connectivity index is 2.06. The maximum Gasteiger partial charge on any atom is 0.323 e. The van der Waals surface area contributed by atoms with E-state index < -0.39 is 17.4 Å². The zero-order valence-electron chi connectivity index (χ0n) is 11.8. The lowest BCUT2D eigenvalue weighted by Gasteiger charge is -2.34. The Morgan fingerprint density at radius 2 is 1.95 bits per heavy atom. The van der Waals surface area contributed by atoms with Crippen LogP contribution in [0.4, 0.5) is 0 Å². The van der Waals surface area contributed by atoms with Crippen LogP contribution < -0.4 is 0 Å². The lowest BCUT2D eigenvalue weighted by molar-refractivity contribution is -0.175. The van der Waals surface area contributed by atoms with Gasteiger partial charge in [0, 0.05) is 5.92 Å². The van der Waals surface area contributed by atoms with Crippen molar-refractivity contribution in [2.24, 2.45) is 22.4 Å². The van der Waals surface area contributed by atoms with Gasteiger partial charge in [-0.2, -0.15) is 0 Å². The number of hydrogen-bond acceptors (Lipinski definition) is 6. The molecule has 3 aliphatic rings. The fourth-order valence-corrected chi connectivity index (χ4v) is 4.18. The van der Waals surface area contributed by atoms with Crippen molar-refractivity contribution in [3.05, 3.63) is 0 Å². The van der Waals surface area contributed by atoms with Crippen LogP contribution in [-0.4, -0.2) is 38.0 Å². The van der Waals surface area contributed by atoms with Gasteiger partial charge in [-0.1, -0.05) is 5.16 Å². The predicted octanol–water partition coefficient (Wildman–Crippen LogP) is 1.28. The number of carbonyl (C=O) groups is 2. The van der Waals surface area contributed by atoms with E-state index in [1.165, 1.54) is 14.2 Å². The summed E-state index contributed by atoms with van der Waals surface area (Å²) in [6.45, 7) is 0. The molecular weight excluding hydrogens is 262 g/mol. The van der Waals surface area contributed by atoms with Crippen molar-refractivity contribution in [2.45, 2.75) is 38.2 Å². The van der Waals surface area contributed by atoms with Crippen molar-refractivity contribution in [3.8, 4) is 0 Å². The Morgan fingerprint density at radius 1 is 1.25 bits per heavy atom. The molecule has 3 rings (SSSR count). The Morgan fingerprint density at radius 3 is 2.60 bits per heavy atom. The third-order valence-corrected chi connectivity index (χ3v) is 5.02. The lowest BCUT2D eigenvalue weighted by Crippen LogP contribution is -2.48. The molecule has 1 heterocycles. The zero-order valence-corrected chi connectivity index (χ0v) is 11.8. The van der Waals surface area contributed by atoms with Gasteiger partial charge in [0.15, 0.2) is 5.41 Å². The van der Waals surface area contributed by atoms with Crippen LogP contribution >= 0.6 is 0 Å². The first kappa shape index (κ1) is 13.4. The lowest BCUT2D eigenvalue weighted by atomic mass is 9.68. The van der Waals surface area contributed by atoms with Gasteiger partial charge in [-0.05, 0) is 38.0 Å². The normalized spacial score (nSPS) is 33.5. The van der Waals surface area contributed by atoms with Crippen molar-refractivity contribution < 1.29 is 23.9 Å². The highest BCUT2D eigenvalue weighted by molar-refractivity contribution is 6.02. The van der Waals surface area contributed by atoms with Crippen molar-refractivity contribution in [2.75, 3.05) is 14.2 Å². The maximum absolute atomic E-state index is 12.4. The van der Waals surface area contributed by atoms with E-state index in [0.717, 1.165) is 25.0 Å². The summed E-state index contributed by atoms with van der Waals surface area (Å²) < 4.78 is 9.90. The molecule has 1 aliphatic heterocycles. The van der Waals surface area contributed by atoms with E-state index in [9.17, 15) is 9.59 Å². The number of oxime groups is 1. The van der Waals surface area contributed by atoms with E-state index in [2.05, 4.69) is 5.16 Å². The molecule has 6 nitrogen and oxygen atoms in total. The van der Waals surface area contributed by atoms with Gasteiger partial charge in [-0.15, -0.1) is 0 Å². The molecule has 0 aromatic rings. The second kappa shape index (κ2) is 4.75. The van der Waals surface area contributed by atoms with E-state index in [-0.39, 0.29) is 17.9 Å². The largest absolute Gasteiger partial charge is 0.468 e. The molecule has 0 spiro atoms. The van der Waals surface area contributed by atoms with Crippen LogP contribution in [0.3, 0.4) is 0 Å². The quantitative estimate of drug-likeness (QED) is 0.563. The molecule has 0 aromatic carbocycles. The van der Waals surface area contributed by atoms with Crippen LogP contribution in [0.15, 0.2) is 5.16 Å². The summed E-state index contributed by atoms with van der Waals surface area (Å²) in [6, 6.07) is 0. The molecule has 3 atom stereocenters.